The molecule has 4 rings (SSSR count). The Kier molecular flexibility index (Phi) is 9.93. The first kappa shape index (κ1) is 30.4. The molecule has 4 aromatic rings. The van der Waals surface area contributed by atoms with Crippen molar-refractivity contribution in [2.45, 2.75) is 0 Å². The SMILES string of the molecule is COc1cc(/C=C/C=C/c2ccc(N(c3ccc(C#N)cc3)c3cccc(C#N)c3)cc2)cc(OC)c1/C(C#N)=C/C(=O)O. The van der Waals surface area contributed by atoms with E-state index in [1.807, 2.05) is 89.9 Å². The van der Waals surface area contributed by atoms with Crippen molar-refractivity contribution in [2.75, 3.05) is 19.1 Å². The predicted molar refractivity (Wildman–Crippen MR) is 169 cm³/mol. The van der Waals surface area contributed by atoms with Gasteiger partial charge in [0.2, 0.25) is 0 Å². The van der Waals surface area contributed by atoms with Crippen LogP contribution in [-0.2, 0) is 4.79 Å². The third kappa shape index (κ3) is 7.19. The van der Waals surface area contributed by atoms with E-state index in [9.17, 15) is 20.6 Å². The van der Waals surface area contributed by atoms with E-state index in [4.69, 9.17) is 14.6 Å². The van der Waals surface area contributed by atoms with Gasteiger partial charge in [0.1, 0.15) is 17.6 Å². The molecule has 0 aliphatic rings. The highest BCUT2D eigenvalue weighted by atomic mass is 16.5. The lowest BCUT2D eigenvalue weighted by molar-refractivity contribution is -0.131. The number of hydrogen-bond acceptors (Lipinski definition) is 7. The third-order valence-electron chi connectivity index (χ3n) is 6.51. The van der Waals surface area contributed by atoms with E-state index in [-0.39, 0.29) is 11.1 Å². The molecular formula is C36H26N4O4. The van der Waals surface area contributed by atoms with Crippen molar-refractivity contribution >= 4 is 40.8 Å². The summed E-state index contributed by atoms with van der Waals surface area (Å²) in [5.41, 5.74) is 5.51. The fraction of sp³-hybridized carbons (Fsp3) is 0.0556. The number of benzene rings is 4. The summed E-state index contributed by atoms with van der Waals surface area (Å²) in [5, 5.41) is 37.3. The Morgan fingerprint density at radius 2 is 1.30 bits per heavy atom. The molecule has 0 aliphatic heterocycles. The molecule has 44 heavy (non-hydrogen) atoms. The fourth-order valence-electron chi connectivity index (χ4n) is 4.49. The minimum absolute atomic E-state index is 0.0828. The first-order chi connectivity index (χ1) is 21.4. The Bertz CT molecular complexity index is 1860. The molecule has 0 saturated carbocycles. The largest absolute Gasteiger partial charge is 0.496 e. The molecule has 0 spiro atoms. The van der Waals surface area contributed by atoms with Gasteiger partial charge in [-0.05, 0) is 77.9 Å². The molecule has 8 heteroatoms. The van der Waals surface area contributed by atoms with Crippen molar-refractivity contribution < 1.29 is 19.4 Å². The van der Waals surface area contributed by atoms with Gasteiger partial charge in [0.25, 0.3) is 0 Å². The van der Waals surface area contributed by atoms with Crippen LogP contribution in [0.25, 0.3) is 17.7 Å². The third-order valence-corrected chi connectivity index (χ3v) is 6.51. The molecule has 0 heterocycles. The van der Waals surface area contributed by atoms with Crippen molar-refractivity contribution in [2.24, 2.45) is 0 Å². The maximum absolute atomic E-state index is 11.2. The molecule has 0 fully saturated rings. The van der Waals surface area contributed by atoms with Crippen LogP contribution in [0.15, 0.2) is 103 Å². The van der Waals surface area contributed by atoms with Gasteiger partial charge in [-0.15, -0.1) is 0 Å². The van der Waals surface area contributed by atoms with E-state index >= 15 is 0 Å². The standard InChI is InChI=1S/C36H26N4O4/c1-43-33-19-27(20-34(44-2)36(33)29(24-39)21-35(41)42)7-4-3-6-25-10-14-30(15-11-25)40(31-16-12-26(22-37)13-17-31)32-9-5-8-28(18-32)23-38/h3-21H,1-2H3,(H,41,42)/b6-3+,7-4+,29-21+. The summed E-state index contributed by atoms with van der Waals surface area (Å²) in [4.78, 5) is 13.2. The van der Waals surface area contributed by atoms with Gasteiger partial charge in [-0.2, -0.15) is 15.8 Å². The second kappa shape index (κ2) is 14.4. The minimum Gasteiger partial charge on any atom is -0.496 e. The van der Waals surface area contributed by atoms with Crippen LogP contribution in [0.3, 0.4) is 0 Å². The Morgan fingerprint density at radius 3 is 1.82 bits per heavy atom. The lowest BCUT2D eigenvalue weighted by Crippen LogP contribution is -2.10. The number of carboxylic acids is 1. The molecule has 0 radical (unpaired) electrons. The summed E-state index contributed by atoms with van der Waals surface area (Å²) in [6.07, 6.45) is 8.31. The number of methoxy groups -OCH3 is 2. The molecule has 8 nitrogen and oxygen atoms in total. The number of carbonyl (C=O) groups is 1. The lowest BCUT2D eigenvalue weighted by Gasteiger charge is -2.25. The topological polar surface area (TPSA) is 130 Å². The van der Waals surface area contributed by atoms with Gasteiger partial charge in [0.05, 0.1) is 48.6 Å². The van der Waals surface area contributed by atoms with Crippen LogP contribution in [0.4, 0.5) is 17.1 Å². The smallest absolute Gasteiger partial charge is 0.329 e. The molecule has 0 bridgehead atoms. The van der Waals surface area contributed by atoms with E-state index in [2.05, 4.69) is 12.1 Å². The second-order valence-corrected chi connectivity index (χ2v) is 9.27. The van der Waals surface area contributed by atoms with Crippen LogP contribution in [0.1, 0.15) is 27.8 Å². The van der Waals surface area contributed by atoms with E-state index in [1.165, 1.54) is 14.2 Å². The number of nitrogens with zero attached hydrogens (tertiary/aromatic N) is 4. The predicted octanol–water partition coefficient (Wildman–Crippen LogP) is 7.64. The molecule has 4 aromatic carbocycles. The molecule has 0 atom stereocenters. The van der Waals surface area contributed by atoms with Gasteiger partial charge in [0.15, 0.2) is 0 Å². The summed E-state index contributed by atoms with van der Waals surface area (Å²) in [6.45, 7) is 0. The minimum atomic E-state index is -1.25. The first-order valence-electron chi connectivity index (χ1n) is 13.3. The van der Waals surface area contributed by atoms with Gasteiger partial charge in [-0.1, -0.05) is 42.5 Å². The highest BCUT2D eigenvalue weighted by Gasteiger charge is 2.17. The van der Waals surface area contributed by atoms with Gasteiger partial charge in [-0.25, -0.2) is 4.79 Å². The zero-order valence-corrected chi connectivity index (χ0v) is 23.9. The summed E-state index contributed by atoms with van der Waals surface area (Å²) >= 11 is 0. The highest BCUT2D eigenvalue weighted by Crippen LogP contribution is 2.37. The van der Waals surface area contributed by atoms with Gasteiger partial charge in [-0.3, -0.25) is 0 Å². The molecular weight excluding hydrogens is 552 g/mol. The molecule has 0 aliphatic carbocycles. The summed E-state index contributed by atoms with van der Waals surface area (Å²) in [7, 11) is 2.88. The fourth-order valence-corrected chi connectivity index (χ4v) is 4.49. The van der Waals surface area contributed by atoms with E-state index < -0.39 is 5.97 Å². The summed E-state index contributed by atoms with van der Waals surface area (Å²) in [5.74, 6) is -0.627. The van der Waals surface area contributed by atoms with E-state index in [0.717, 1.165) is 34.3 Å². The molecule has 0 saturated heterocycles. The zero-order valence-electron chi connectivity index (χ0n) is 23.9. The van der Waals surface area contributed by atoms with Crippen molar-refractivity contribution in [3.05, 3.63) is 131 Å². The number of ether oxygens (including phenoxy) is 2. The van der Waals surface area contributed by atoms with E-state index in [0.29, 0.717) is 22.6 Å². The summed E-state index contributed by atoms with van der Waals surface area (Å²) < 4.78 is 10.9. The van der Waals surface area contributed by atoms with Gasteiger partial charge < -0.3 is 19.5 Å². The Labute approximate surface area is 255 Å². The Balaban J connectivity index is 1.59. The molecule has 0 amide bonds. The molecule has 214 valence electrons. The molecule has 0 unspecified atom stereocenters. The maximum Gasteiger partial charge on any atom is 0.329 e. The highest BCUT2D eigenvalue weighted by molar-refractivity contribution is 5.97. The number of rotatable bonds is 10. The average Bonchev–Trinajstić information content (AvgIpc) is 3.06. The monoisotopic (exact) mass is 578 g/mol. The lowest BCUT2D eigenvalue weighted by atomic mass is 10.0. The molecule has 0 aromatic heterocycles. The maximum atomic E-state index is 11.2. The number of nitriles is 3. The second-order valence-electron chi connectivity index (χ2n) is 9.27. The van der Waals surface area contributed by atoms with Crippen molar-refractivity contribution in [1.82, 2.24) is 0 Å². The number of aliphatic carboxylic acids is 1. The molecule has 1 N–H and O–H groups in total. The van der Waals surface area contributed by atoms with Gasteiger partial charge >= 0.3 is 5.97 Å². The quantitative estimate of drug-likeness (QED) is 0.115. The zero-order chi connectivity index (χ0) is 31.5. The van der Waals surface area contributed by atoms with Gasteiger partial charge in [0, 0.05) is 23.1 Å². The Hall–Kier alpha value is -6.56. The van der Waals surface area contributed by atoms with E-state index in [1.54, 1.807) is 30.3 Å². The van der Waals surface area contributed by atoms with Crippen LogP contribution in [0.5, 0.6) is 11.5 Å². The van der Waals surface area contributed by atoms with Crippen molar-refractivity contribution in [3.63, 3.8) is 0 Å². The van der Waals surface area contributed by atoms with Crippen LogP contribution in [0.2, 0.25) is 0 Å². The number of hydrogen-bond donors (Lipinski definition) is 1. The van der Waals surface area contributed by atoms with Crippen LogP contribution >= 0.6 is 0 Å². The van der Waals surface area contributed by atoms with Crippen molar-refractivity contribution in [3.8, 4) is 29.7 Å². The first-order valence-corrected chi connectivity index (χ1v) is 13.3. The average molecular weight is 579 g/mol. The van der Waals surface area contributed by atoms with Crippen LogP contribution in [0, 0.1) is 34.0 Å². The van der Waals surface area contributed by atoms with Crippen molar-refractivity contribution in [1.29, 1.82) is 15.8 Å². The number of allylic oxidation sites excluding steroid dienone is 3. The summed E-state index contributed by atoms with van der Waals surface area (Å²) in [6, 6.07) is 32.1. The number of anilines is 3. The number of carboxylic acid groups (broad SMARTS) is 1. The normalized spacial score (nSPS) is 11.0. The van der Waals surface area contributed by atoms with Crippen LogP contribution < -0.4 is 14.4 Å². The van der Waals surface area contributed by atoms with Crippen LogP contribution in [-0.4, -0.2) is 25.3 Å². The Morgan fingerprint density at radius 1 is 0.727 bits per heavy atom.